The summed E-state index contributed by atoms with van der Waals surface area (Å²) in [6, 6.07) is 8.83. The number of alkyl halides is 6. The molecular formula is C24H26F6N4O. The van der Waals surface area contributed by atoms with Crippen molar-refractivity contribution in [3.63, 3.8) is 0 Å². The lowest BCUT2D eigenvalue weighted by atomic mass is 10.1. The van der Waals surface area contributed by atoms with Crippen molar-refractivity contribution < 1.29 is 31.1 Å². The average Bonchev–Trinajstić information content (AvgIpc) is 2.72. The second-order valence-electron chi connectivity index (χ2n) is 9.08. The third kappa shape index (κ3) is 6.26. The Labute approximate surface area is 199 Å². The molecule has 5 nitrogen and oxygen atoms in total. The smallest absolute Gasteiger partial charge is 0.321 e. The Morgan fingerprint density at radius 2 is 1.51 bits per heavy atom. The zero-order valence-corrected chi connectivity index (χ0v) is 19.1. The summed E-state index contributed by atoms with van der Waals surface area (Å²) in [7, 11) is 0. The molecule has 2 aromatic carbocycles. The quantitative estimate of drug-likeness (QED) is 0.597. The van der Waals surface area contributed by atoms with Crippen molar-refractivity contribution in [1.82, 2.24) is 14.7 Å². The van der Waals surface area contributed by atoms with Gasteiger partial charge in [-0.3, -0.25) is 9.80 Å². The maximum Gasteiger partial charge on any atom is 0.416 e. The van der Waals surface area contributed by atoms with Gasteiger partial charge in [0.05, 0.1) is 11.1 Å². The van der Waals surface area contributed by atoms with Crippen LogP contribution in [0.5, 0.6) is 0 Å². The molecule has 0 aromatic heterocycles. The first-order chi connectivity index (χ1) is 16.4. The van der Waals surface area contributed by atoms with E-state index in [2.05, 4.69) is 40.2 Å². The van der Waals surface area contributed by atoms with Crippen LogP contribution in [0.2, 0.25) is 0 Å². The minimum atomic E-state index is -4.97. The Bertz CT molecular complexity index is 1020. The number of carbonyl (C=O) groups is 1. The molecule has 0 radical (unpaired) electrons. The zero-order valence-electron chi connectivity index (χ0n) is 19.1. The van der Waals surface area contributed by atoms with Gasteiger partial charge in [-0.2, -0.15) is 26.3 Å². The molecule has 2 fully saturated rings. The van der Waals surface area contributed by atoms with E-state index in [1.807, 2.05) is 6.07 Å². The van der Waals surface area contributed by atoms with Crippen molar-refractivity contribution in [2.24, 2.45) is 0 Å². The molecule has 2 amide bonds. The van der Waals surface area contributed by atoms with Crippen molar-refractivity contribution in [1.29, 1.82) is 0 Å². The van der Waals surface area contributed by atoms with Crippen molar-refractivity contribution in [3.8, 4) is 0 Å². The topological polar surface area (TPSA) is 38.8 Å². The number of halogens is 6. The summed E-state index contributed by atoms with van der Waals surface area (Å²) in [5.41, 5.74) is -0.993. The molecule has 2 aliphatic heterocycles. The van der Waals surface area contributed by atoms with E-state index in [9.17, 15) is 31.1 Å². The van der Waals surface area contributed by atoms with Gasteiger partial charge >= 0.3 is 18.4 Å². The Balaban J connectivity index is 1.28. The summed E-state index contributed by atoms with van der Waals surface area (Å²) in [6.07, 6.45) is -9.94. The maximum atomic E-state index is 13.0. The zero-order chi connectivity index (χ0) is 25.4. The number of anilines is 1. The van der Waals surface area contributed by atoms with Crippen LogP contribution in [0.25, 0.3) is 0 Å². The molecule has 1 N–H and O–H groups in total. The number of nitrogens with one attached hydrogen (secondary N) is 1. The molecule has 190 valence electrons. The largest absolute Gasteiger partial charge is 0.416 e. The highest BCUT2D eigenvalue weighted by atomic mass is 19.4. The summed E-state index contributed by atoms with van der Waals surface area (Å²) in [5.74, 6) is 0. The molecule has 2 heterocycles. The molecule has 2 aromatic rings. The minimum absolute atomic E-state index is 0.0356. The SMILES string of the molecule is Cc1cccc(CN2CCN(C3CN(C(=O)Nc4cc(C(F)(F)F)cc(C(F)(F)F)c4)C3)CC2)c1. The molecule has 2 saturated heterocycles. The Morgan fingerprint density at radius 1 is 0.914 bits per heavy atom. The van der Waals surface area contributed by atoms with Crippen molar-refractivity contribution in [3.05, 3.63) is 64.7 Å². The van der Waals surface area contributed by atoms with E-state index in [4.69, 9.17) is 0 Å². The van der Waals surface area contributed by atoms with Gasteiger partial charge in [0.25, 0.3) is 0 Å². The number of benzene rings is 2. The van der Waals surface area contributed by atoms with Crippen LogP contribution in [0.4, 0.5) is 36.8 Å². The van der Waals surface area contributed by atoms with Crippen LogP contribution in [0.3, 0.4) is 0 Å². The number of hydrogen-bond acceptors (Lipinski definition) is 3. The summed E-state index contributed by atoms with van der Waals surface area (Å²) in [6.45, 7) is 7.07. The Morgan fingerprint density at radius 3 is 2.06 bits per heavy atom. The minimum Gasteiger partial charge on any atom is -0.321 e. The van der Waals surface area contributed by atoms with Gasteiger partial charge in [0.1, 0.15) is 0 Å². The van der Waals surface area contributed by atoms with Gasteiger partial charge in [-0.1, -0.05) is 29.8 Å². The van der Waals surface area contributed by atoms with Crippen LogP contribution in [-0.4, -0.2) is 66.0 Å². The molecular weight excluding hydrogens is 474 g/mol. The fraction of sp³-hybridized carbons (Fsp3) is 0.458. The number of nitrogens with zero attached hydrogens (tertiary/aromatic N) is 3. The number of piperazine rings is 1. The lowest BCUT2D eigenvalue weighted by Crippen LogP contribution is -2.64. The number of carbonyl (C=O) groups excluding carboxylic acids is 1. The van der Waals surface area contributed by atoms with Gasteiger partial charge in [0.15, 0.2) is 0 Å². The monoisotopic (exact) mass is 500 g/mol. The normalized spacial score (nSPS) is 18.4. The van der Waals surface area contributed by atoms with E-state index in [0.29, 0.717) is 25.2 Å². The van der Waals surface area contributed by atoms with Gasteiger partial charge in [-0.05, 0) is 30.7 Å². The lowest BCUT2D eigenvalue weighted by molar-refractivity contribution is -0.143. The first-order valence-electron chi connectivity index (χ1n) is 11.3. The highest BCUT2D eigenvalue weighted by Crippen LogP contribution is 2.37. The van der Waals surface area contributed by atoms with E-state index in [-0.39, 0.29) is 12.1 Å². The maximum absolute atomic E-state index is 13.0. The summed E-state index contributed by atoms with van der Waals surface area (Å²) >= 11 is 0. The molecule has 0 unspecified atom stereocenters. The third-order valence-electron chi connectivity index (χ3n) is 6.40. The lowest BCUT2D eigenvalue weighted by Gasteiger charge is -2.48. The van der Waals surface area contributed by atoms with E-state index in [0.717, 1.165) is 32.7 Å². The molecule has 0 saturated carbocycles. The van der Waals surface area contributed by atoms with E-state index in [1.54, 1.807) is 0 Å². The Kier molecular flexibility index (Phi) is 7.01. The summed E-state index contributed by atoms with van der Waals surface area (Å²) in [5, 5.41) is 2.19. The van der Waals surface area contributed by atoms with E-state index >= 15 is 0 Å². The number of urea groups is 1. The predicted octanol–water partition coefficient (Wildman–Crippen LogP) is 5.07. The molecule has 0 atom stereocenters. The van der Waals surface area contributed by atoms with Crippen molar-refractivity contribution >= 4 is 11.7 Å². The molecule has 4 rings (SSSR count). The predicted molar refractivity (Wildman–Crippen MR) is 119 cm³/mol. The molecule has 11 heteroatoms. The summed E-state index contributed by atoms with van der Waals surface area (Å²) < 4.78 is 78.2. The first kappa shape index (κ1) is 25.3. The second-order valence-corrected chi connectivity index (χ2v) is 9.08. The number of aryl methyl sites for hydroxylation is 1. The number of hydrogen-bond donors (Lipinski definition) is 1. The highest BCUT2D eigenvalue weighted by Gasteiger charge is 2.39. The highest BCUT2D eigenvalue weighted by molar-refractivity contribution is 5.90. The Hall–Kier alpha value is -2.79. The van der Waals surface area contributed by atoms with E-state index in [1.165, 1.54) is 16.0 Å². The van der Waals surface area contributed by atoms with Crippen LogP contribution >= 0.6 is 0 Å². The van der Waals surface area contributed by atoms with Crippen molar-refractivity contribution in [2.75, 3.05) is 44.6 Å². The second kappa shape index (κ2) is 9.69. The first-order valence-corrected chi connectivity index (χ1v) is 11.3. The number of rotatable bonds is 4. The number of amides is 2. The van der Waals surface area contributed by atoms with Crippen LogP contribution in [0.15, 0.2) is 42.5 Å². The summed E-state index contributed by atoms with van der Waals surface area (Å²) in [4.78, 5) is 18.5. The molecule has 0 bridgehead atoms. The van der Waals surface area contributed by atoms with Crippen molar-refractivity contribution in [2.45, 2.75) is 31.9 Å². The van der Waals surface area contributed by atoms with Crippen LogP contribution in [0.1, 0.15) is 22.3 Å². The van der Waals surface area contributed by atoms with Gasteiger partial charge in [0.2, 0.25) is 0 Å². The van der Waals surface area contributed by atoms with Gasteiger partial charge < -0.3 is 10.2 Å². The molecule has 0 aliphatic carbocycles. The van der Waals surface area contributed by atoms with Crippen LogP contribution < -0.4 is 5.32 Å². The molecule has 35 heavy (non-hydrogen) atoms. The fourth-order valence-corrected chi connectivity index (χ4v) is 4.44. The van der Waals surface area contributed by atoms with Crippen LogP contribution in [0, 0.1) is 6.92 Å². The average molecular weight is 500 g/mol. The van der Waals surface area contributed by atoms with Gasteiger partial charge in [-0.15, -0.1) is 0 Å². The van der Waals surface area contributed by atoms with Gasteiger partial charge in [-0.25, -0.2) is 4.79 Å². The third-order valence-corrected chi connectivity index (χ3v) is 6.40. The molecule has 0 spiro atoms. The van der Waals surface area contributed by atoms with Gasteiger partial charge in [0, 0.05) is 57.5 Å². The standard InChI is InChI=1S/C24H26F6N4O/c1-16-3-2-4-17(9-16)13-32-5-7-33(8-6-32)21-14-34(15-21)22(35)31-20-11-18(23(25,26)27)10-19(12-20)24(28,29)30/h2-4,9-12,21H,5-8,13-15H2,1H3,(H,31,35). The molecule has 2 aliphatic rings. The van der Waals surface area contributed by atoms with E-state index < -0.39 is 35.2 Å². The number of likely N-dealkylation sites (tertiary alicyclic amines) is 1. The van der Waals surface area contributed by atoms with Crippen LogP contribution in [-0.2, 0) is 18.9 Å². The fourth-order valence-electron chi connectivity index (χ4n) is 4.44.